The number of benzene rings is 3. The SMILES string of the molecule is O=P(O)(c1ccccc1)c1ccc(-c2c(F)c(F)c(F)c(F)c2F)cc1. The van der Waals surface area contributed by atoms with E-state index < -0.39 is 42.0 Å². The van der Waals surface area contributed by atoms with E-state index in [2.05, 4.69) is 0 Å². The minimum atomic E-state index is -3.95. The minimum absolute atomic E-state index is 0.0451. The Hall–Kier alpha value is -2.50. The second-order valence-corrected chi connectivity index (χ2v) is 7.59. The fourth-order valence-corrected chi connectivity index (χ4v) is 3.90. The quantitative estimate of drug-likeness (QED) is 0.317. The van der Waals surface area contributed by atoms with Crippen LogP contribution in [0, 0.1) is 29.1 Å². The monoisotopic (exact) mass is 384 g/mol. The van der Waals surface area contributed by atoms with Crippen molar-refractivity contribution in [2.75, 3.05) is 0 Å². The second-order valence-electron chi connectivity index (χ2n) is 5.40. The molecule has 0 aromatic heterocycles. The molecule has 3 aromatic rings. The Morgan fingerprint density at radius 2 is 1.04 bits per heavy atom. The highest BCUT2D eigenvalue weighted by Crippen LogP contribution is 2.39. The van der Waals surface area contributed by atoms with E-state index in [4.69, 9.17) is 0 Å². The van der Waals surface area contributed by atoms with Crippen LogP contribution in [0.2, 0.25) is 0 Å². The van der Waals surface area contributed by atoms with Crippen LogP contribution in [0.25, 0.3) is 11.1 Å². The first-order valence-corrected chi connectivity index (χ1v) is 8.92. The van der Waals surface area contributed by atoms with Gasteiger partial charge in [0.05, 0.1) is 5.56 Å². The van der Waals surface area contributed by atoms with Gasteiger partial charge in [0, 0.05) is 10.6 Å². The Balaban J connectivity index is 2.09. The molecule has 3 rings (SSSR count). The van der Waals surface area contributed by atoms with Gasteiger partial charge >= 0.3 is 0 Å². The van der Waals surface area contributed by atoms with Crippen molar-refractivity contribution in [2.45, 2.75) is 0 Å². The topological polar surface area (TPSA) is 37.3 Å². The normalized spacial score (nSPS) is 13.5. The molecule has 0 aliphatic carbocycles. The van der Waals surface area contributed by atoms with Gasteiger partial charge in [-0.1, -0.05) is 30.3 Å². The Bertz CT molecular complexity index is 991. The number of hydrogen-bond acceptors (Lipinski definition) is 1. The van der Waals surface area contributed by atoms with Crippen LogP contribution in [0.4, 0.5) is 22.0 Å². The van der Waals surface area contributed by atoms with Crippen LogP contribution in [0.15, 0.2) is 54.6 Å². The van der Waals surface area contributed by atoms with Crippen molar-refractivity contribution in [3.05, 3.63) is 83.7 Å². The molecular weight excluding hydrogens is 374 g/mol. The summed E-state index contributed by atoms with van der Waals surface area (Å²) in [7, 11) is -3.95. The predicted molar refractivity (Wildman–Crippen MR) is 87.2 cm³/mol. The van der Waals surface area contributed by atoms with Crippen LogP contribution in [0.1, 0.15) is 0 Å². The summed E-state index contributed by atoms with van der Waals surface area (Å²) in [5.41, 5.74) is -1.41. The van der Waals surface area contributed by atoms with Gasteiger partial charge < -0.3 is 4.89 Å². The zero-order valence-corrected chi connectivity index (χ0v) is 13.8. The van der Waals surface area contributed by atoms with E-state index in [1.807, 2.05) is 0 Å². The van der Waals surface area contributed by atoms with Crippen molar-refractivity contribution >= 4 is 18.0 Å². The highest BCUT2D eigenvalue weighted by atomic mass is 31.2. The van der Waals surface area contributed by atoms with E-state index in [1.54, 1.807) is 18.2 Å². The molecule has 0 spiro atoms. The molecule has 134 valence electrons. The van der Waals surface area contributed by atoms with Crippen molar-refractivity contribution in [3.8, 4) is 11.1 Å². The third-order valence-corrected chi connectivity index (χ3v) is 5.82. The number of halogens is 5. The summed E-state index contributed by atoms with van der Waals surface area (Å²) in [6.07, 6.45) is 0. The Morgan fingerprint density at radius 3 is 1.54 bits per heavy atom. The first-order chi connectivity index (χ1) is 12.2. The van der Waals surface area contributed by atoms with Gasteiger partial charge in [-0.05, 0) is 29.8 Å². The summed E-state index contributed by atoms with van der Waals surface area (Å²) in [5, 5.41) is 0.0975. The van der Waals surface area contributed by atoms with Gasteiger partial charge in [0.2, 0.25) is 5.82 Å². The highest BCUT2D eigenvalue weighted by Gasteiger charge is 2.28. The van der Waals surface area contributed by atoms with E-state index in [0.29, 0.717) is 0 Å². The van der Waals surface area contributed by atoms with Gasteiger partial charge in [0.25, 0.3) is 7.37 Å². The average Bonchev–Trinajstić information content (AvgIpc) is 2.66. The van der Waals surface area contributed by atoms with Crippen molar-refractivity contribution in [1.29, 1.82) is 0 Å². The average molecular weight is 384 g/mol. The van der Waals surface area contributed by atoms with Crippen LogP contribution in [-0.4, -0.2) is 4.89 Å². The molecular formula is C18H10F5O2P. The summed E-state index contributed by atoms with van der Waals surface area (Å²) in [5.74, 6) is -10.3. The highest BCUT2D eigenvalue weighted by molar-refractivity contribution is 7.73. The summed E-state index contributed by atoms with van der Waals surface area (Å²) in [6, 6.07) is 12.0. The maximum absolute atomic E-state index is 13.9. The summed E-state index contributed by atoms with van der Waals surface area (Å²) in [4.78, 5) is 10.3. The van der Waals surface area contributed by atoms with Gasteiger partial charge in [-0.25, -0.2) is 22.0 Å². The molecule has 0 saturated heterocycles. The first kappa shape index (κ1) is 18.3. The molecule has 1 atom stereocenters. The van der Waals surface area contributed by atoms with Crippen molar-refractivity contribution in [1.82, 2.24) is 0 Å². The Kier molecular flexibility index (Phi) is 4.69. The molecule has 2 nitrogen and oxygen atoms in total. The van der Waals surface area contributed by atoms with E-state index >= 15 is 0 Å². The zero-order chi connectivity index (χ0) is 19.1. The Morgan fingerprint density at radius 1 is 0.615 bits per heavy atom. The van der Waals surface area contributed by atoms with Gasteiger partial charge in [-0.3, -0.25) is 4.57 Å². The Labute approximate surface area is 145 Å². The third kappa shape index (κ3) is 2.93. The standard InChI is InChI=1S/C18H10F5O2P/c19-14-13(15(20)17(22)18(23)16(14)21)10-6-8-12(9-7-10)26(24,25)11-4-2-1-3-5-11/h1-9H,(H,24,25). The molecule has 3 aromatic carbocycles. The zero-order valence-electron chi connectivity index (χ0n) is 12.9. The van der Waals surface area contributed by atoms with Crippen LogP contribution < -0.4 is 10.6 Å². The van der Waals surface area contributed by atoms with Crippen molar-refractivity contribution < 1.29 is 31.4 Å². The van der Waals surface area contributed by atoms with Crippen LogP contribution in [0.5, 0.6) is 0 Å². The molecule has 0 amide bonds. The van der Waals surface area contributed by atoms with Gasteiger partial charge in [0.15, 0.2) is 23.3 Å². The van der Waals surface area contributed by atoms with Crippen LogP contribution in [-0.2, 0) is 4.57 Å². The third-order valence-electron chi connectivity index (χ3n) is 3.82. The molecule has 1 unspecified atom stereocenters. The molecule has 0 saturated carbocycles. The molecule has 0 radical (unpaired) electrons. The van der Waals surface area contributed by atoms with Crippen LogP contribution in [0.3, 0.4) is 0 Å². The summed E-state index contributed by atoms with van der Waals surface area (Å²) >= 11 is 0. The predicted octanol–water partition coefficient (Wildman–Crippen LogP) is 4.27. The molecule has 0 aliphatic heterocycles. The lowest BCUT2D eigenvalue weighted by Gasteiger charge is -2.13. The lowest BCUT2D eigenvalue weighted by molar-refractivity contribution is 0.381. The van der Waals surface area contributed by atoms with E-state index in [9.17, 15) is 31.4 Å². The minimum Gasteiger partial charge on any atom is -0.338 e. The maximum Gasteiger partial charge on any atom is 0.258 e. The lowest BCUT2D eigenvalue weighted by Crippen LogP contribution is -2.15. The van der Waals surface area contributed by atoms with Crippen molar-refractivity contribution in [2.24, 2.45) is 0 Å². The molecule has 0 fully saturated rings. The first-order valence-electron chi connectivity index (χ1n) is 7.26. The van der Waals surface area contributed by atoms with Crippen LogP contribution >= 0.6 is 7.37 Å². The fraction of sp³-hybridized carbons (Fsp3) is 0. The fourth-order valence-electron chi connectivity index (χ4n) is 2.47. The molecule has 0 heterocycles. The maximum atomic E-state index is 13.9. The van der Waals surface area contributed by atoms with E-state index in [0.717, 1.165) is 24.3 Å². The molecule has 0 bridgehead atoms. The summed E-state index contributed by atoms with van der Waals surface area (Å²) in [6.45, 7) is 0. The molecule has 1 N–H and O–H groups in total. The van der Waals surface area contributed by atoms with Gasteiger partial charge in [-0.2, -0.15) is 0 Å². The molecule has 0 aliphatic rings. The van der Waals surface area contributed by atoms with E-state index in [-0.39, 0.29) is 16.2 Å². The number of hydrogen-bond donors (Lipinski definition) is 1. The van der Waals surface area contributed by atoms with Gasteiger partial charge in [-0.15, -0.1) is 0 Å². The number of rotatable bonds is 3. The summed E-state index contributed by atoms with van der Waals surface area (Å²) < 4.78 is 80.1. The van der Waals surface area contributed by atoms with Gasteiger partial charge in [0.1, 0.15) is 0 Å². The lowest BCUT2D eigenvalue weighted by atomic mass is 10.0. The smallest absolute Gasteiger partial charge is 0.258 e. The second kappa shape index (κ2) is 6.67. The van der Waals surface area contributed by atoms with E-state index in [1.165, 1.54) is 12.1 Å². The largest absolute Gasteiger partial charge is 0.338 e. The molecule has 26 heavy (non-hydrogen) atoms. The van der Waals surface area contributed by atoms with Crippen molar-refractivity contribution in [3.63, 3.8) is 0 Å². The molecule has 8 heteroatoms.